The maximum Gasteiger partial charge on any atom is 0.0163 e. The van der Waals surface area contributed by atoms with Gasteiger partial charge in [-0.3, -0.25) is 0 Å². The molecule has 1 rings (SSSR count). The van der Waals surface area contributed by atoms with Gasteiger partial charge in [-0.05, 0) is 75.9 Å². The second-order valence-electron chi connectivity index (χ2n) is 1.74. The highest BCUT2D eigenvalue weighted by molar-refractivity contribution is 14.1. The van der Waals surface area contributed by atoms with Gasteiger partial charge in [-0.2, -0.15) is 0 Å². The van der Waals surface area contributed by atoms with Gasteiger partial charge in [0.2, 0.25) is 0 Å². The molecule has 0 bridgehead atoms. The Balaban J connectivity index is 3.17. The summed E-state index contributed by atoms with van der Waals surface area (Å²) in [6, 6.07) is 6.23. The Morgan fingerprint density at radius 3 is 2.33 bits per heavy atom. The van der Waals surface area contributed by atoms with Crippen LogP contribution in [0.2, 0.25) is 0 Å². The molecule has 0 heterocycles. The predicted molar refractivity (Wildman–Crippen MR) is 56.3 cm³/mol. The van der Waals surface area contributed by atoms with Crippen molar-refractivity contribution < 1.29 is 0 Å². The van der Waals surface area contributed by atoms with E-state index in [0.717, 1.165) is 5.56 Å². The zero-order valence-electron chi connectivity index (χ0n) is 4.70. The van der Waals surface area contributed by atoms with Crippen LogP contribution in [0.1, 0.15) is 5.56 Å². The zero-order chi connectivity index (χ0) is 6.85. The van der Waals surface area contributed by atoms with E-state index in [1.54, 1.807) is 0 Å². The fourth-order valence-electron chi connectivity index (χ4n) is 0.543. The van der Waals surface area contributed by atoms with Crippen molar-refractivity contribution in [3.8, 4) is 0 Å². The van der Waals surface area contributed by atoms with E-state index >= 15 is 0 Å². The van der Waals surface area contributed by atoms with Crippen LogP contribution in [-0.2, 0) is 0 Å². The monoisotopic (exact) mass is 343 g/mol. The van der Waals surface area contributed by atoms with Gasteiger partial charge in [0, 0.05) is 7.14 Å². The van der Waals surface area contributed by atoms with E-state index in [1.807, 2.05) is 0 Å². The van der Waals surface area contributed by atoms with E-state index in [0.29, 0.717) is 0 Å². The summed E-state index contributed by atoms with van der Waals surface area (Å²) in [5.74, 6) is 0. The first-order valence-corrected chi connectivity index (χ1v) is 4.63. The van der Waals surface area contributed by atoms with Gasteiger partial charge in [0.15, 0.2) is 0 Å². The molecule has 0 amide bonds. The van der Waals surface area contributed by atoms with E-state index in [-0.39, 0.29) is 0 Å². The molecule has 0 nitrogen and oxygen atoms in total. The Labute approximate surface area is 82.3 Å². The maximum absolute atomic E-state index is 3.87. The quantitative estimate of drug-likeness (QED) is 0.636. The van der Waals surface area contributed by atoms with Crippen LogP contribution in [0.25, 0.3) is 0 Å². The number of hydrogen-bond donors (Lipinski definition) is 0. The molecule has 0 N–H and O–H groups in total. The number of rotatable bonds is 0. The fraction of sp³-hybridized carbons (Fsp3) is 0. The summed E-state index contributed by atoms with van der Waals surface area (Å²) in [7, 11) is 0. The van der Waals surface area contributed by atoms with Crippen LogP contribution in [0.4, 0.5) is 0 Å². The maximum atomic E-state index is 3.87. The van der Waals surface area contributed by atoms with Crippen molar-refractivity contribution in [1.29, 1.82) is 0 Å². The van der Waals surface area contributed by atoms with Crippen LogP contribution < -0.4 is 0 Å². The second kappa shape index (κ2) is 3.18. The second-order valence-corrected chi connectivity index (χ2v) is 4.14. The molecule has 0 atom stereocenters. The van der Waals surface area contributed by atoms with Crippen molar-refractivity contribution in [3.63, 3.8) is 0 Å². The first-order chi connectivity index (χ1) is 4.20. The molecule has 9 heavy (non-hydrogen) atoms. The Hall–Kier alpha value is 0.680. The first kappa shape index (κ1) is 7.78. The first-order valence-electron chi connectivity index (χ1n) is 2.47. The van der Waals surface area contributed by atoms with Gasteiger partial charge in [0.05, 0.1) is 0 Å². The van der Waals surface area contributed by atoms with E-state index < -0.39 is 0 Å². The molecule has 0 aromatic heterocycles. The van der Waals surface area contributed by atoms with Gasteiger partial charge in [-0.25, -0.2) is 0 Å². The molecule has 1 aromatic carbocycles. The SMILES string of the molecule is [CH2]c1cc(I)ccc1I. The average Bonchev–Trinajstić information content (AvgIpc) is 1.80. The molecule has 1 aromatic rings. The molecule has 0 saturated heterocycles. The highest BCUT2D eigenvalue weighted by Gasteiger charge is 1.91. The van der Waals surface area contributed by atoms with Gasteiger partial charge < -0.3 is 0 Å². The summed E-state index contributed by atoms with van der Waals surface area (Å²) in [5.41, 5.74) is 1.11. The van der Waals surface area contributed by atoms with Crippen molar-refractivity contribution in [2.75, 3.05) is 0 Å². The molecule has 0 fully saturated rings. The van der Waals surface area contributed by atoms with Crippen molar-refractivity contribution in [1.82, 2.24) is 0 Å². The molecule has 0 aliphatic carbocycles. The Bertz CT molecular complexity index is 218. The molecular formula is C7H5I2. The average molecular weight is 343 g/mol. The highest BCUT2D eigenvalue weighted by Crippen LogP contribution is 2.13. The van der Waals surface area contributed by atoms with Crippen LogP contribution in [0.15, 0.2) is 18.2 Å². The number of benzene rings is 1. The van der Waals surface area contributed by atoms with Crippen molar-refractivity contribution in [3.05, 3.63) is 37.8 Å². The van der Waals surface area contributed by atoms with Gasteiger partial charge in [0.25, 0.3) is 0 Å². The highest BCUT2D eigenvalue weighted by atomic mass is 127. The van der Waals surface area contributed by atoms with Crippen LogP contribution in [-0.4, -0.2) is 0 Å². The Morgan fingerprint density at radius 2 is 1.89 bits per heavy atom. The molecule has 0 aliphatic rings. The molecule has 0 spiro atoms. The van der Waals surface area contributed by atoms with Crippen LogP contribution in [0.3, 0.4) is 0 Å². The molecule has 1 radical (unpaired) electrons. The Morgan fingerprint density at radius 1 is 1.22 bits per heavy atom. The minimum Gasteiger partial charge on any atom is -0.0478 e. The standard InChI is InChI=1S/C7H5I2/c1-5-4-6(8)2-3-7(5)9/h2-4H,1H2. The zero-order valence-corrected chi connectivity index (χ0v) is 9.01. The van der Waals surface area contributed by atoms with E-state index in [1.165, 1.54) is 7.14 Å². The van der Waals surface area contributed by atoms with Crippen LogP contribution in [0.5, 0.6) is 0 Å². The summed E-state index contributed by atoms with van der Waals surface area (Å²) < 4.78 is 2.48. The smallest absolute Gasteiger partial charge is 0.0163 e. The van der Waals surface area contributed by atoms with E-state index in [4.69, 9.17) is 0 Å². The van der Waals surface area contributed by atoms with Gasteiger partial charge in [0.1, 0.15) is 0 Å². The van der Waals surface area contributed by atoms with E-state index in [9.17, 15) is 0 Å². The largest absolute Gasteiger partial charge is 0.0478 e. The third-order valence-electron chi connectivity index (χ3n) is 1.01. The predicted octanol–water partition coefficient (Wildman–Crippen LogP) is 3.08. The third kappa shape index (κ3) is 2.07. The fourth-order valence-corrected chi connectivity index (χ4v) is 1.43. The summed E-state index contributed by atoms with van der Waals surface area (Å²) >= 11 is 4.55. The van der Waals surface area contributed by atoms with Crippen molar-refractivity contribution in [2.24, 2.45) is 0 Å². The molecule has 0 saturated carbocycles. The van der Waals surface area contributed by atoms with Crippen molar-refractivity contribution >= 4 is 45.2 Å². The summed E-state index contributed by atoms with van der Waals surface area (Å²) in [5, 5.41) is 0. The summed E-state index contributed by atoms with van der Waals surface area (Å²) in [6.07, 6.45) is 0. The third-order valence-corrected chi connectivity index (χ3v) is 2.73. The van der Waals surface area contributed by atoms with Crippen LogP contribution >= 0.6 is 45.2 Å². The minimum absolute atomic E-state index is 1.11. The molecule has 2 heteroatoms. The summed E-state index contributed by atoms with van der Waals surface area (Å²) in [6.45, 7) is 3.87. The van der Waals surface area contributed by atoms with E-state index in [2.05, 4.69) is 70.3 Å². The molecular weight excluding hydrogens is 338 g/mol. The summed E-state index contributed by atoms with van der Waals surface area (Å²) in [4.78, 5) is 0. The van der Waals surface area contributed by atoms with Gasteiger partial charge >= 0.3 is 0 Å². The van der Waals surface area contributed by atoms with Gasteiger partial charge in [-0.15, -0.1) is 0 Å². The topological polar surface area (TPSA) is 0 Å². The number of hydrogen-bond acceptors (Lipinski definition) is 0. The lowest BCUT2D eigenvalue weighted by molar-refractivity contribution is 1.52. The van der Waals surface area contributed by atoms with Crippen LogP contribution in [0, 0.1) is 14.1 Å². The minimum atomic E-state index is 1.11. The Kier molecular flexibility index (Phi) is 2.75. The number of halogens is 2. The molecule has 0 unspecified atom stereocenters. The molecule has 47 valence electrons. The van der Waals surface area contributed by atoms with Gasteiger partial charge in [-0.1, -0.05) is 0 Å². The lowest BCUT2D eigenvalue weighted by Crippen LogP contribution is -1.79. The normalized spacial score (nSPS) is 9.67. The molecule has 0 aliphatic heterocycles. The lowest BCUT2D eigenvalue weighted by atomic mass is 10.2. The van der Waals surface area contributed by atoms with Crippen molar-refractivity contribution in [2.45, 2.75) is 0 Å². The lowest BCUT2D eigenvalue weighted by Gasteiger charge is -1.95.